The van der Waals surface area contributed by atoms with Crippen molar-refractivity contribution in [3.63, 3.8) is 0 Å². The smallest absolute Gasteiger partial charge is 0.382 e. The van der Waals surface area contributed by atoms with Crippen LogP contribution in [-0.4, -0.2) is 38.2 Å². The molecule has 1 aliphatic rings. The molecule has 1 atom stereocenters. The third kappa shape index (κ3) is 3.60. The summed E-state index contributed by atoms with van der Waals surface area (Å²) in [6, 6.07) is 2.64. The number of halogens is 3. The molecule has 2 aromatic rings. The number of rotatable bonds is 3. The van der Waals surface area contributed by atoms with Gasteiger partial charge in [-0.3, -0.25) is 4.98 Å². The van der Waals surface area contributed by atoms with E-state index in [2.05, 4.69) is 15.3 Å². The maximum absolute atomic E-state index is 12.9. The van der Waals surface area contributed by atoms with Crippen molar-refractivity contribution in [2.24, 2.45) is 0 Å². The Hall–Kier alpha value is -2.16. The first kappa shape index (κ1) is 17.7. The van der Waals surface area contributed by atoms with Crippen molar-refractivity contribution in [3.8, 4) is 0 Å². The first-order chi connectivity index (χ1) is 11.7. The number of alkyl halides is 3. The number of piperidine rings is 1. The zero-order valence-electron chi connectivity index (χ0n) is 14.0. The normalized spacial score (nSPS) is 21.8. The average Bonchev–Trinajstić information content (AvgIpc) is 3.05. The molecule has 0 unspecified atom stereocenters. The van der Waals surface area contributed by atoms with Gasteiger partial charge in [0.1, 0.15) is 17.0 Å². The standard InChI is InChI=1S/C16H20F3N5O/c1-11(2)24-9-14(21-22-24)15(25)5-3-7-23(10-15)12-4-6-20-13(8-12)16(17,18)19/h4,6,8-9,11,25H,3,5,7,10H2,1-2H3/t15-/m1/s1. The maximum atomic E-state index is 12.9. The van der Waals surface area contributed by atoms with Crippen LogP contribution in [0.15, 0.2) is 24.5 Å². The molecular weight excluding hydrogens is 335 g/mol. The molecule has 2 aromatic heterocycles. The minimum atomic E-state index is -4.50. The maximum Gasteiger partial charge on any atom is 0.433 e. The van der Waals surface area contributed by atoms with Crippen LogP contribution in [0.5, 0.6) is 0 Å². The molecule has 0 saturated carbocycles. The predicted molar refractivity (Wildman–Crippen MR) is 85.0 cm³/mol. The van der Waals surface area contributed by atoms with E-state index in [4.69, 9.17) is 0 Å². The van der Waals surface area contributed by atoms with Crippen molar-refractivity contribution < 1.29 is 18.3 Å². The molecule has 3 heterocycles. The average molecular weight is 355 g/mol. The molecule has 0 spiro atoms. The molecule has 1 N–H and O–H groups in total. The van der Waals surface area contributed by atoms with Gasteiger partial charge in [-0.1, -0.05) is 5.21 Å². The number of pyridine rings is 1. The zero-order chi connectivity index (χ0) is 18.2. The van der Waals surface area contributed by atoms with Crippen LogP contribution in [0.2, 0.25) is 0 Å². The molecule has 25 heavy (non-hydrogen) atoms. The molecular formula is C16H20F3N5O. The van der Waals surface area contributed by atoms with E-state index in [1.807, 2.05) is 13.8 Å². The highest BCUT2D eigenvalue weighted by atomic mass is 19.4. The number of nitrogens with zero attached hydrogens (tertiary/aromatic N) is 5. The summed E-state index contributed by atoms with van der Waals surface area (Å²) in [6.07, 6.45) is -0.545. The first-order valence-electron chi connectivity index (χ1n) is 8.12. The molecule has 0 bridgehead atoms. The van der Waals surface area contributed by atoms with Crippen molar-refractivity contribution in [2.75, 3.05) is 18.0 Å². The Morgan fingerprint density at radius 1 is 1.32 bits per heavy atom. The number of anilines is 1. The summed E-state index contributed by atoms with van der Waals surface area (Å²) >= 11 is 0. The molecule has 1 aliphatic heterocycles. The van der Waals surface area contributed by atoms with E-state index in [0.29, 0.717) is 30.8 Å². The fourth-order valence-electron chi connectivity index (χ4n) is 2.98. The Labute approximate surface area is 143 Å². The van der Waals surface area contributed by atoms with E-state index in [1.165, 1.54) is 6.07 Å². The van der Waals surface area contributed by atoms with Gasteiger partial charge in [-0.2, -0.15) is 13.2 Å². The third-order valence-electron chi connectivity index (χ3n) is 4.39. The Bertz CT molecular complexity index is 745. The summed E-state index contributed by atoms with van der Waals surface area (Å²) in [5.41, 5.74) is -1.36. The van der Waals surface area contributed by atoms with Gasteiger partial charge < -0.3 is 10.0 Å². The van der Waals surface area contributed by atoms with Gasteiger partial charge in [-0.05, 0) is 38.8 Å². The first-order valence-corrected chi connectivity index (χ1v) is 8.12. The van der Waals surface area contributed by atoms with Crippen molar-refractivity contribution in [1.29, 1.82) is 0 Å². The lowest BCUT2D eigenvalue weighted by molar-refractivity contribution is -0.141. The Morgan fingerprint density at radius 2 is 2.08 bits per heavy atom. The van der Waals surface area contributed by atoms with Gasteiger partial charge in [0.05, 0.1) is 12.7 Å². The van der Waals surface area contributed by atoms with Gasteiger partial charge in [0.2, 0.25) is 0 Å². The highest BCUT2D eigenvalue weighted by Crippen LogP contribution is 2.35. The van der Waals surface area contributed by atoms with Crippen LogP contribution in [0.1, 0.15) is 44.1 Å². The van der Waals surface area contributed by atoms with E-state index in [9.17, 15) is 18.3 Å². The van der Waals surface area contributed by atoms with Crippen LogP contribution in [0.3, 0.4) is 0 Å². The second kappa shape index (κ2) is 6.29. The van der Waals surface area contributed by atoms with Crippen molar-refractivity contribution in [1.82, 2.24) is 20.0 Å². The van der Waals surface area contributed by atoms with Gasteiger partial charge in [0.15, 0.2) is 0 Å². The molecule has 136 valence electrons. The number of β-amino-alcohol motifs (C(OH)–C–C–N with tert-alkyl or cyclic N) is 1. The quantitative estimate of drug-likeness (QED) is 0.917. The summed E-state index contributed by atoms with van der Waals surface area (Å²) in [6.45, 7) is 4.61. The van der Waals surface area contributed by atoms with Crippen molar-refractivity contribution in [2.45, 2.75) is 44.5 Å². The van der Waals surface area contributed by atoms with E-state index in [-0.39, 0.29) is 12.6 Å². The number of aromatic nitrogens is 4. The summed E-state index contributed by atoms with van der Waals surface area (Å²) in [5, 5.41) is 19.1. The molecule has 3 rings (SSSR count). The minimum absolute atomic E-state index is 0.110. The van der Waals surface area contributed by atoms with Gasteiger partial charge >= 0.3 is 6.18 Å². The molecule has 1 fully saturated rings. The monoisotopic (exact) mass is 355 g/mol. The topological polar surface area (TPSA) is 67.1 Å². The van der Waals surface area contributed by atoms with Crippen LogP contribution in [0.4, 0.5) is 18.9 Å². The van der Waals surface area contributed by atoms with E-state index in [0.717, 1.165) is 12.3 Å². The SMILES string of the molecule is CC(C)n1cc([C@@]2(O)CCCN(c3ccnc(C(F)(F)F)c3)C2)nn1. The molecule has 0 radical (unpaired) electrons. The van der Waals surface area contributed by atoms with E-state index in [1.54, 1.807) is 15.8 Å². The largest absolute Gasteiger partial charge is 0.433 e. The lowest BCUT2D eigenvalue weighted by atomic mass is 9.89. The van der Waals surface area contributed by atoms with Gasteiger partial charge in [-0.25, -0.2) is 4.68 Å². The van der Waals surface area contributed by atoms with E-state index >= 15 is 0 Å². The van der Waals surface area contributed by atoms with Crippen molar-refractivity contribution >= 4 is 5.69 Å². The van der Waals surface area contributed by atoms with Crippen LogP contribution in [-0.2, 0) is 11.8 Å². The molecule has 1 saturated heterocycles. The van der Waals surface area contributed by atoms with E-state index < -0.39 is 17.5 Å². The molecule has 0 aliphatic carbocycles. The summed E-state index contributed by atoms with van der Waals surface area (Å²) in [4.78, 5) is 5.11. The zero-order valence-corrected chi connectivity index (χ0v) is 14.0. The predicted octanol–water partition coefficient (Wildman–Crippen LogP) is 2.76. The molecule has 0 amide bonds. The Balaban J connectivity index is 1.85. The molecule has 0 aromatic carbocycles. The Kier molecular flexibility index (Phi) is 4.44. The Morgan fingerprint density at radius 3 is 2.72 bits per heavy atom. The summed E-state index contributed by atoms with van der Waals surface area (Å²) in [7, 11) is 0. The lowest BCUT2D eigenvalue weighted by Gasteiger charge is -2.39. The lowest BCUT2D eigenvalue weighted by Crippen LogP contribution is -2.46. The van der Waals surface area contributed by atoms with Crippen LogP contribution in [0.25, 0.3) is 0 Å². The van der Waals surface area contributed by atoms with Crippen LogP contribution in [0, 0.1) is 0 Å². The molecule has 9 heteroatoms. The highest BCUT2D eigenvalue weighted by Gasteiger charge is 2.39. The van der Waals surface area contributed by atoms with Crippen LogP contribution < -0.4 is 4.90 Å². The fourth-order valence-corrected chi connectivity index (χ4v) is 2.98. The van der Waals surface area contributed by atoms with Crippen LogP contribution >= 0.6 is 0 Å². The minimum Gasteiger partial charge on any atom is -0.382 e. The third-order valence-corrected chi connectivity index (χ3v) is 4.39. The van der Waals surface area contributed by atoms with Crippen molar-refractivity contribution in [3.05, 3.63) is 35.9 Å². The second-order valence-corrected chi connectivity index (χ2v) is 6.63. The number of hydrogen-bond acceptors (Lipinski definition) is 5. The van der Waals surface area contributed by atoms with Gasteiger partial charge in [-0.15, -0.1) is 5.10 Å². The molecule has 6 nitrogen and oxygen atoms in total. The number of aliphatic hydroxyl groups is 1. The second-order valence-electron chi connectivity index (χ2n) is 6.63. The van der Waals surface area contributed by atoms with Gasteiger partial charge in [0.25, 0.3) is 0 Å². The van der Waals surface area contributed by atoms with Gasteiger partial charge in [0, 0.05) is 24.5 Å². The highest BCUT2D eigenvalue weighted by molar-refractivity contribution is 5.48. The number of hydrogen-bond donors (Lipinski definition) is 1. The summed E-state index contributed by atoms with van der Waals surface area (Å²) in [5.74, 6) is 0. The summed E-state index contributed by atoms with van der Waals surface area (Å²) < 4.78 is 40.3. The fraction of sp³-hybridized carbons (Fsp3) is 0.562.